The fourth-order valence-corrected chi connectivity index (χ4v) is 3.38. The minimum atomic E-state index is -0.541. The van der Waals surface area contributed by atoms with E-state index in [0.717, 1.165) is 25.7 Å². The van der Waals surface area contributed by atoms with Gasteiger partial charge in [-0.1, -0.05) is 24.6 Å². The monoisotopic (exact) mass is 404 g/mol. The summed E-state index contributed by atoms with van der Waals surface area (Å²) in [5.74, 6) is -0.326. The largest absolute Gasteiger partial charge is 0.496 e. The number of amides is 1. The summed E-state index contributed by atoms with van der Waals surface area (Å²) in [5, 5.41) is 12.1. The van der Waals surface area contributed by atoms with Gasteiger partial charge in [0.1, 0.15) is 23.5 Å². The topological polar surface area (TPSA) is 88.4 Å². The molecule has 0 bridgehead atoms. The van der Waals surface area contributed by atoms with Crippen molar-refractivity contribution in [3.63, 3.8) is 0 Å². The second-order valence-electron chi connectivity index (χ2n) is 7.11. The number of hydrogen-bond acceptors (Lipinski definition) is 5. The molecule has 1 N–H and O–H groups in total. The van der Waals surface area contributed by atoms with Gasteiger partial charge in [0, 0.05) is 11.3 Å². The van der Waals surface area contributed by atoms with Gasteiger partial charge in [-0.3, -0.25) is 4.79 Å². The van der Waals surface area contributed by atoms with Gasteiger partial charge in [-0.15, -0.1) is 0 Å². The zero-order valence-corrected chi connectivity index (χ0v) is 16.9. The van der Waals surface area contributed by atoms with Crippen molar-refractivity contribution >= 4 is 23.6 Å². The summed E-state index contributed by atoms with van der Waals surface area (Å²) in [5.41, 5.74) is 1.49. The SMILES string of the molecule is COc1ccccc1/C=C(\C#N)C(=O)Nc1ccc(C(=O)OC2CCCCC2)cc1. The lowest BCUT2D eigenvalue weighted by molar-refractivity contribution is -0.112. The highest BCUT2D eigenvalue weighted by atomic mass is 16.5. The van der Waals surface area contributed by atoms with Gasteiger partial charge in [0.05, 0.1) is 12.7 Å². The third kappa shape index (κ3) is 5.48. The Labute approximate surface area is 176 Å². The highest BCUT2D eigenvalue weighted by molar-refractivity contribution is 6.10. The van der Waals surface area contributed by atoms with E-state index in [1.165, 1.54) is 19.6 Å². The van der Waals surface area contributed by atoms with E-state index < -0.39 is 5.91 Å². The number of carbonyl (C=O) groups excluding carboxylic acids is 2. The van der Waals surface area contributed by atoms with Crippen molar-refractivity contribution < 1.29 is 19.1 Å². The van der Waals surface area contributed by atoms with E-state index >= 15 is 0 Å². The lowest BCUT2D eigenvalue weighted by Crippen LogP contribution is -2.21. The van der Waals surface area contributed by atoms with Crippen molar-refractivity contribution in [1.82, 2.24) is 0 Å². The van der Waals surface area contributed by atoms with E-state index in [4.69, 9.17) is 9.47 Å². The molecule has 0 heterocycles. The quantitative estimate of drug-likeness (QED) is 0.427. The molecule has 1 amide bonds. The van der Waals surface area contributed by atoms with Crippen LogP contribution in [-0.2, 0) is 9.53 Å². The Bertz CT molecular complexity index is 967. The number of methoxy groups -OCH3 is 1. The standard InChI is InChI=1S/C24H24N2O4/c1-29-22-10-6-5-7-18(22)15-19(16-25)23(27)26-20-13-11-17(12-14-20)24(28)30-21-8-3-2-4-9-21/h5-7,10-15,21H,2-4,8-9H2,1H3,(H,26,27)/b19-15+. The van der Waals surface area contributed by atoms with Crippen LogP contribution >= 0.6 is 0 Å². The van der Waals surface area contributed by atoms with Crippen molar-refractivity contribution in [3.8, 4) is 11.8 Å². The van der Waals surface area contributed by atoms with Crippen LogP contribution in [0.4, 0.5) is 5.69 Å². The molecule has 0 atom stereocenters. The molecule has 30 heavy (non-hydrogen) atoms. The second-order valence-corrected chi connectivity index (χ2v) is 7.11. The van der Waals surface area contributed by atoms with Crippen LogP contribution < -0.4 is 10.1 Å². The number of ether oxygens (including phenoxy) is 2. The van der Waals surface area contributed by atoms with Gasteiger partial charge in [-0.05, 0) is 62.1 Å². The molecule has 154 valence electrons. The number of esters is 1. The van der Waals surface area contributed by atoms with E-state index in [-0.39, 0.29) is 17.6 Å². The van der Waals surface area contributed by atoms with Crippen LogP contribution in [0.5, 0.6) is 5.75 Å². The summed E-state index contributed by atoms with van der Waals surface area (Å²) in [4.78, 5) is 24.8. The maximum Gasteiger partial charge on any atom is 0.338 e. The highest BCUT2D eigenvalue weighted by Crippen LogP contribution is 2.23. The second kappa shape index (κ2) is 10.3. The van der Waals surface area contributed by atoms with Gasteiger partial charge in [0.15, 0.2) is 0 Å². The molecule has 6 heteroatoms. The number of anilines is 1. The normalized spacial score (nSPS) is 14.5. The molecule has 2 aromatic carbocycles. The smallest absolute Gasteiger partial charge is 0.338 e. The Morgan fingerprint density at radius 3 is 2.43 bits per heavy atom. The average Bonchev–Trinajstić information content (AvgIpc) is 2.78. The van der Waals surface area contributed by atoms with Crippen molar-refractivity contribution in [2.45, 2.75) is 38.2 Å². The molecule has 1 saturated carbocycles. The maximum atomic E-state index is 12.5. The lowest BCUT2D eigenvalue weighted by atomic mass is 9.98. The van der Waals surface area contributed by atoms with Crippen LogP contribution in [-0.4, -0.2) is 25.1 Å². The first kappa shape index (κ1) is 21.1. The van der Waals surface area contributed by atoms with Crippen LogP contribution in [0.2, 0.25) is 0 Å². The summed E-state index contributed by atoms with van der Waals surface area (Å²) < 4.78 is 10.8. The van der Waals surface area contributed by atoms with E-state index in [0.29, 0.717) is 22.6 Å². The van der Waals surface area contributed by atoms with Gasteiger partial charge in [-0.2, -0.15) is 5.26 Å². The summed E-state index contributed by atoms with van der Waals surface area (Å²) in [6.45, 7) is 0. The molecule has 3 rings (SSSR count). The van der Waals surface area contributed by atoms with E-state index in [1.807, 2.05) is 12.1 Å². The fourth-order valence-electron chi connectivity index (χ4n) is 3.38. The number of nitrogens with zero attached hydrogens (tertiary/aromatic N) is 1. The van der Waals surface area contributed by atoms with E-state index in [1.54, 1.807) is 42.5 Å². The van der Waals surface area contributed by atoms with E-state index in [2.05, 4.69) is 5.32 Å². The van der Waals surface area contributed by atoms with Gasteiger partial charge >= 0.3 is 5.97 Å². The molecule has 6 nitrogen and oxygen atoms in total. The summed E-state index contributed by atoms with van der Waals surface area (Å²) in [6, 6.07) is 15.5. The Balaban J connectivity index is 1.65. The van der Waals surface area contributed by atoms with Crippen molar-refractivity contribution in [1.29, 1.82) is 5.26 Å². The molecule has 0 aromatic heterocycles. The van der Waals surface area contributed by atoms with Crippen molar-refractivity contribution in [2.75, 3.05) is 12.4 Å². The Morgan fingerprint density at radius 1 is 1.07 bits per heavy atom. The first-order valence-corrected chi connectivity index (χ1v) is 9.98. The first-order valence-electron chi connectivity index (χ1n) is 9.98. The number of para-hydroxylation sites is 1. The third-order valence-corrected chi connectivity index (χ3v) is 5.01. The van der Waals surface area contributed by atoms with Gasteiger partial charge in [-0.25, -0.2) is 4.79 Å². The Hall–Kier alpha value is -3.59. The number of rotatable bonds is 6. The summed E-state index contributed by atoms with van der Waals surface area (Å²) >= 11 is 0. The van der Waals surface area contributed by atoms with Gasteiger partial charge in [0.25, 0.3) is 5.91 Å². The highest BCUT2D eigenvalue weighted by Gasteiger charge is 2.19. The predicted molar refractivity (Wildman–Crippen MR) is 114 cm³/mol. The molecule has 0 radical (unpaired) electrons. The number of carbonyl (C=O) groups is 2. The molecule has 1 fully saturated rings. The molecular weight excluding hydrogens is 380 g/mol. The first-order chi connectivity index (χ1) is 14.6. The Morgan fingerprint density at radius 2 is 1.77 bits per heavy atom. The van der Waals surface area contributed by atoms with Crippen LogP contribution in [0.25, 0.3) is 6.08 Å². The fraction of sp³-hybridized carbons (Fsp3) is 0.292. The van der Waals surface area contributed by atoms with Crippen molar-refractivity contribution in [2.24, 2.45) is 0 Å². The van der Waals surface area contributed by atoms with Gasteiger partial charge in [0.2, 0.25) is 0 Å². The third-order valence-electron chi connectivity index (χ3n) is 5.01. The Kier molecular flexibility index (Phi) is 7.23. The molecule has 1 aliphatic carbocycles. The van der Waals surface area contributed by atoms with Crippen LogP contribution in [0.1, 0.15) is 48.0 Å². The summed E-state index contributed by atoms with van der Waals surface area (Å²) in [7, 11) is 1.53. The molecule has 0 spiro atoms. The zero-order chi connectivity index (χ0) is 21.3. The number of hydrogen-bond donors (Lipinski definition) is 1. The average molecular weight is 404 g/mol. The van der Waals surface area contributed by atoms with Gasteiger partial charge < -0.3 is 14.8 Å². The van der Waals surface area contributed by atoms with Crippen LogP contribution in [0.15, 0.2) is 54.1 Å². The molecule has 0 aliphatic heterocycles. The maximum absolute atomic E-state index is 12.5. The number of nitriles is 1. The van der Waals surface area contributed by atoms with Crippen LogP contribution in [0, 0.1) is 11.3 Å². The lowest BCUT2D eigenvalue weighted by Gasteiger charge is -2.21. The van der Waals surface area contributed by atoms with Crippen LogP contribution in [0.3, 0.4) is 0 Å². The molecule has 1 aliphatic rings. The number of benzene rings is 2. The minimum Gasteiger partial charge on any atom is -0.496 e. The zero-order valence-electron chi connectivity index (χ0n) is 16.9. The van der Waals surface area contributed by atoms with E-state index in [9.17, 15) is 14.9 Å². The molecule has 2 aromatic rings. The van der Waals surface area contributed by atoms with Crippen molar-refractivity contribution in [3.05, 3.63) is 65.2 Å². The molecule has 0 saturated heterocycles. The molecular formula is C24H24N2O4. The summed E-state index contributed by atoms with van der Waals surface area (Å²) in [6.07, 6.45) is 6.66. The molecule has 0 unspecified atom stereocenters. The minimum absolute atomic E-state index is 0.0102. The number of nitrogens with one attached hydrogen (secondary N) is 1. The predicted octanol–water partition coefficient (Wildman–Crippen LogP) is 4.73.